The molecule has 0 aliphatic carbocycles. The van der Waals surface area contributed by atoms with Crippen LogP contribution in [0.1, 0.15) is 10.4 Å². The first-order chi connectivity index (χ1) is 11.7. The molecule has 6 nitrogen and oxygen atoms in total. The third-order valence-electron chi connectivity index (χ3n) is 3.88. The van der Waals surface area contributed by atoms with Crippen LogP contribution in [0.15, 0.2) is 48.0 Å². The number of aromatic nitrogens is 4. The summed E-state index contributed by atoms with van der Waals surface area (Å²) in [5.41, 5.74) is 1.38. The Bertz CT molecular complexity index is 1110. The minimum Gasteiger partial charge on any atom is -0.497 e. The number of hydrogen-bond donors (Lipinski definition) is 0. The van der Waals surface area contributed by atoms with Gasteiger partial charge in [0.1, 0.15) is 16.9 Å². The average molecular weight is 338 g/mol. The van der Waals surface area contributed by atoms with E-state index in [1.165, 1.54) is 22.2 Å². The fourth-order valence-corrected chi connectivity index (χ4v) is 3.68. The third kappa shape index (κ3) is 2.21. The molecule has 3 heterocycles. The lowest BCUT2D eigenvalue weighted by molar-refractivity contribution is 0.414. The first-order valence-corrected chi connectivity index (χ1v) is 8.14. The van der Waals surface area contributed by atoms with E-state index >= 15 is 0 Å². The van der Waals surface area contributed by atoms with Crippen LogP contribution in [0.2, 0.25) is 0 Å². The van der Waals surface area contributed by atoms with E-state index in [0.717, 1.165) is 26.4 Å². The Kier molecular flexibility index (Phi) is 3.42. The number of thiophene rings is 1. The lowest BCUT2D eigenvalue weighted by atomic mass is 10.2. The number of ether oxygens (including phenoxy) is 1. The van der Waals surface area contributed by atoms with Crippen molar-refractivity contribution in [1.82, 2.24) is 19.2 Å². The van der Waals surface area contributed by atoms with Crippen LogP contribution >= 0.6 is 11.3 Å². The summed E-state index contributed by atoms with van der Waals surface area (Å²) in [5.74, 6) is 0.785. The van der Waals surface area contributed by atoms with Crippen molar-refractivity contribution in [3.8, 4) is 5.75 Å². The molecular formula is C17H14N4O2S. The van der Waals surface area contributed by atoms with Gasteiger partial charge < -0.3 is 4.74 Å². The van der Waals surface area contributed by atoms with Crippen LogP contribution < -0.4 is 10.4 Å². The molecule has 0 aliphatic heterocycles. The average Bonchev–Trinajstić information content (AvgIpc) is 3.25. The van der Waals surface area contributed by atoms with Crippen molar-refractivity contribution >= 4 is 33.3 Å². The van der Waals surface area contributed by atoms with E-state index in [1.54, 1.807) is 17.8 Å². The highest BCUT2D eigenvalue weighted by Gasteiger charge is 2.15. The van der Waals surface area contributed by atoms with Crippen molar-refractivity contribution in [3.05, 3.63) is 64.2 Å². The molecule has 4 rings (SSSR count). The van der Waals surface area contributed by atoms with Crippen LogP contribution in [0.4, 0.5) is 0 Å². The number of fused-ring (bicyclic) bond motifs is 3. The quantitative estimate of drug-likeness (QED) is 0.574. The Balaban J connectivity index is 1.94. The van der Waals surface area contributed by atoms with E-state index in [1.807, 2.05) is 30.3 Å². The summed E-state index contributed by atoms with van der Waals surface area (Å²) in [7, 11) is 1.63. The lowest BCUT2D eigenvalue weighted by Crippen LogP contribution is -2.27. The maximum absolute atomic E-state index is 12.8. The van der Waals surface area contributed by atoms with Gasteiger partial charge >= 0.3 is 5.69 Å². The molecular weight excluding hydrogens is 324 g/mol. The Hall–Kier alpha value is -2.93. The van der Waals surface area contributed by atoms with Gasteiger partial charge in [-0.15, -0.1) is 11.3 Å². The van der Waals surface area contributed by atoms with Crippen LogP contribution in [0, 0.1) is 0 Å². The molecule has 120 valence electrons. The van der Waals surface area contributed by atoms with Crippen molar-refractivity contribution < 1.29 is 4.74 Å². The topological polar surface area (TPSA) is 61.4 Å². The third-order valence-corrected chi connectivity index (χ3v) is 5.03. The maximum atomic E-state index is 12.8. The summed E-state index contributed by atoms with van der Waals surface area (Å²) in [6, 6.07) is 9.65. The number of hydrogen-bond acceptors (Lipinski definition) is 5. The van der Waals surface area contributed by atoms with Crippen LogP contribution in [0.5, 0.6) is 5.75 Å². The van der Waals surface area contributed by atoms with Gasteiger partial charge in [-0.2, -0.15) is 9.61 Å². The van der Waals surface area contributed by atoms with Gasteiger partial charge in [-0.05, 0) is 23.8 Å². The smallest absolute Gasteiger partial charge is 0.352 e. The zero-order chi connectivity index (χ0) is 16.7. The van der Waals surface area contributed by atoms with Crippen LogP contribution in [0.3, 0.4) is 0 Å². The first-order valence-electron chi connectivity index (χ1n) is 7.32. The number of benzene rings is 1. The van der Waals surface area contributed by atoms with E-state index < -0.39 is 0 Å². The molecule has 0 fully saturated rings. The van der Waals surface area contributed by atoms with Gasteiger partial charge in [0.2, 0.25) is 0 Å². The van der Waals surface area contributed by atoms with Gasteiger partial charge in [0.05, 0.1) is 19.0 Å². The van der Waals surface area contributed by atoms with Gasteiger partial charge in [0, 0.05) is 4.88 Å². The van der Waals surface area contributed by atoms with Gasteiger partial charge in [-0.1, -0.05) is 24.8 Å². The number of rotatable bonds is 4. The minimum atomic E-state index is -0.205. The molecule has 1 aromatic carbocycles. The predicted octanol–water partition coefficient (Wildman–Crippen LogP) is 2.81. The van der Waals surface area contributed by atoms with Gasteiger partial charge in [-0.3, -0.25) is 4.57 Å². The summed E-state index contributed by atoms with van der Waals surface area (Å²) >= 11 is 1.52. The molecule has 0 unspecified atom stereocenters. The fourth-order valence-electron chi connectivity index (χ4n) is 2.68. The van der Waals surface area contributed by atoms with Crippen LogP contribution in [-0.2, 0) is 6.54 Å². The highest BCUT2D eigenvalue weighted by atomic mass is 32.1. The molecule has 0 spiro atoms. The fraction of sp³-hybridized carbons (Fsp3) is 0.118. The normalized spacial score (nSPS) is 11.2. The molecule has 24 heavy (non-hydrogen) atoms. The van der Waals surface area contributed by atoms with Crippen molar-refractivity contribution in [2.24, 2.45) is 0 Å². The minimum absolute atomic E-state index is 0.205. The zero-order valence-electron chi connectivity index (χ0n) is 13.0. The summed E-state index contributed by atoms with van der Waals surface area (Å²) < 4.78 is 8.24. The van der Waals surface area contributed by atoms with Crippen LogP contribution in [-0.4, -0.2) is 26.3 Å². The molecule has 3 aromatic heterocycles. The molecule has 0 saturated carbocycles. The second-order valence-electron chi connectivity index (χ2n) is 5.28. The zero-order valence-corrected chi connectivity index (χ0v) is 13.8. The van der Waals surface area contributed by atoms with Crippen molar-refractivity contribution in [2.45, 2.75) is 6.54 Å². The number of methoxy groups -OCH3 is 1. The standard InChI is InChI=1S/C17H14N4O2S/c1-3-13-8-14-15-18-10-19-21(15)17(22)20(16(14)24-13)9-11-4-6-12(23-2)7-5-11/h3-8,10H,1,9H2,2H3. The van der Waals surface area contributed by atoms with Crippen molar-refractivity contribution in [2.75, 3.05) is 7.11 Å². The van der Waals surface area contributed by atoms with E-state index in [-0.39, 0.29) is 5.69 Å². The van der Waals surface area contributed by atoms with Gasteiger partial charge in [0.25, 0.3) is 0 Å². The Morgan fingerprint density at radius 1 is 1.33 bits per heavy atom. The molecule has 0 aliphatic rings. The SMILES string of the molecule is C=Cc1cc2c(s1)n(Cc1ccc(OC)cc1)c(=O)n1ncnc21. The van der Waals surface area contributed by atoms with E-state index in [0.29, 0.717) is 12.2 Å². The predicted molar refractivity (Wildman–Crippen MR) is 94.8 cm³/mol. The molecule has 4 aromatic rings. The van der Waals surface area contributed by atoms with Crippen LogP contribution in [0.25, 0.3) is 21.9 Å². The molecule has 0 saturated heterocycles. The van der Waals surface area contributed by atoms with Gasteiger partial charge in [0.15, 0.2) is 5.65 Å². The molecule has 0 amide bonds. The maximum Gasteiger partial charge on any atom is 0.352 e. The number of nitrogens with zero attached hydrogens (tertiary/aromatic N) is 4. The van der Waals surface area contributed by atoms with Crippen molar-refractivity contribution in [3.63, 3.8) is 0 Å². The highest BCUT2D eigenvalue weighted by molar-refractivity contribution is 7.19. The monoisotopic (exact) mass is 338 g/mol. The van der Waals surface area contributed by atoms with E-state index in [2.05, 4.69) is 16.7 Å². The second-order valence-corrected chi connectivity index (χ2v) is 6.35. The first kappa shape index (κ1) is 14.6. The molecule has 0 atom stereocenters. The molecule has 7 heteroatoms. The summed E-state index contributed by atoms with van der Waals surface area (Å²) in [4.78, 5) is 18.9. The highest BCUT2D eigenvalue weighted by Crippen LogP contribution is 2.28. The summed E-state index contributed by atoms with van der Waals surface area (Å²) in [5, 5.41) is 4.97. The van der Waals surface area contributed by atoms with E-state index in [4.69, 9.17) is 4.74 Å². The Labute approximate surface area is 141 Å². The van der Waals surface area contributed by atoms with E-state index in [9.17, 15) is 4.79 Å². The summed E-state index contributed by atoms with van der Waals surface area (Å²) in [6.07, 6.45) is 3.18. The summed E-state index contributed by atoms with van der Waals surface area (Å²) in [6.45, 7) is 4.27. The Morgan fingerprint density at radius 2 is 2.12 bits per heavy atom. The second kappa shape index (κ2) is 5.61. The lowest BCUT2D eigenvalue weighted by Gasteiger charge is -2.09. The Morgan fingerprint density at radius 3 is 2.83 bits per heavy atom. The molecule has 0 radical (unpaired) electrons. The molecule has 0 N–H and O–H groups in total. The van der Waals surface area contributed by atoms with Gasteiger partial charge in [-0.25, -0.2) is 9.78 Å². The molecule has 0 bridgehead atoms. The largest absolute Gasteiger partial charge is 0.497 e. The van der Waals surface area contributed by atoms with Crippen molar-refractivity contribution in [1.29, 1.82) is 0 Å².